The molecule has 27 heavy (non-hydrogen) atoms. The first kappa shape index (κ1) is 18.8. The summed E-state index contributed by atoms with van der Waals surface area (Å²) in [5.74, 6) is -0.0690. The van der Waals surface area contributed by atoms with Crippen molar-refractivity contribution in [3.05, 3.63) is 86.0 Å². The molecule has 0 aromatic heterocycles. The standard InChI is InChI=1S/C18H11ClFN3O3S/c19-12(9-11-1-7-15(8-2-11)23(25)26)10-16-17(22-18(24)27-16)21-14-5-3-13(20)4-6-14/h1-10H,(H,21,22,24)/b12-9-,16-10-. The van der Waals surface area contributed by atoms with Crippen LogP contribution in [0.1, 0.15) is 5.56 Å². The Hall–Kier alpha value is -2.97. The molecule has 1 heterocycles. The van der Waals surface area contributed by atoms with Crippen LogP contribution in [0.15, 0.2) is 69.5 Å². The number of nitro groups is 1. The summed E-state index contributed by atoms with van der Waals surface area (Å²) in [7, 11) is 0. The van der Waals surface area contributed by atoms with Gasteiger partial charge < -0.3 is 5.32 Å². The molecule has 3 rings (SSSR count). The monoisotopic (exact) mass is 403 g/mol. The predicted octanol–water partition coefficient (Wildman–Crippen LogP) is 5.38. The van der Waals surface area contributed by atoms with Crippen molar-refractivity contribution in [3.8, 4) is 0 Å². The van der Waals surface area contributed by atoms with E-state index in [9.17, 15) is 19.3 Å². The average molecular weight is 404 g/mol. The molecule has 0 radical (unpaired) electrons. The van der Waals surface area contributed by atoms with Gasteiger partial charge >= 0.3 is 0 Å². The lowest BCUT2D eigenvalue weighted by molar-refractivity contribution is -0.384. The van der Waals surface area contributed by atoms with Gasteiger partial charge in [-0.15, -0.1) is 0 Å². The van der Waals surface area contributed by atoms with Crippen molar-refractivity contribution in [2.45, 2.75) is 0 Å². The second kappa shape index (κ2) is 8.15. The van der Waals surface area contributed by atoms with E-state index in [2.05, 4.69) is 10.3 Å². The van der Waals surface area contributed by atoms with Gasteiger partial charge in [0.05, 0.1) is 15.5 Å². The fraction of sp³-hybridized carbons (Fsp3) is 0. The van der Waals surface area contributed by atoms with E-state index < -0.39 is 4.92 Å². The number of benzene rings is 2. The van der Waals surface area contributed by atoms with Crippen LogP contribution in [0, 0.1) is 15.9 Å². The number of halogens is 2. The lowest BCUT2D eigenvalue weighted by Crippen LogP contribution is -2.18. The Morgan fingerprint density at radius 2 is 1.85 bits per heavy atom. The lowest BCUT2D eigenvalue weighted by atomic mass is 10.2. The maximum atomic E-state index is 13.0. The molecule has 136 valence electrons. The zero-order valence-electron chi connectivity index (χ0n) is 13.6. The highest BCUT2D eigenvalue weighted by Gasteiger charge is 2.23. The number of allylic oxidation sites excluding steroid dienone is 2. The topological polar surface area (TPSA) is 84.6 Å². The minimum atomic E-state index is -0.484. The molecule has 0 bridgehead atoms. The van der Waals surface area contributed by atoms with Crippen molar-refractivity contribution in [2.24, 2.45) is 4.99 Å². The lowest BCUT2D eigenvalue weighted by Gasteiger charge is -2.00. The highest BCUT2D eigenvalue weighted by atomic mass is 35.5. The third-order valence-corrected chi connectivity index (χ3v) is 4.44. The van der Waals surface area contributed by atoms with Crippen LogP contribution in [-0.4, -0.2) is 16.0 Å². The minimum absolute atomic E-state index is 0.0171. The van der Waals surface area contributed by atoms with Gasteiger partial charge in [-0.25, -0.2) is 9.38 Å². The third kappa shape index (κ3) is 5.02. The summed E-state index contributed by atoms with van der Waals surface area (Å²) in [5.41, 5.74) is 1.13. The number of nitrogens with one attached hydrogen (secondary N) is 1. The summed E-state index contributed by atoms with van der Waals surface area (Å²) in [6, 6.07) is 11.4. The van der Waals surface area contributed by atoms with Crippen LogP contribution in [0.3, 0.4) is 0 Å². The summed E-state index contributed by atoms with van der Waals surface area (Å²) >= 11 is 7.16. The normalized spacial score (nSPS) is 17.4. The van der Waals surface area contributed by atoms with Crippen LogP contribution in [0.5, 0.6) is 0 Å². The SMILES string of the molecule is O=C1NC(=Nc2ccc(F)cc2)/C(=C/C(Cl)=C/c2ccc([N+](=O)[O-])cc2)S1. The highest BCUT2D eigenvalue weighted by molar-refractivity contribution is 8.18. The molecule has 0 saturated carbocycles. The van der Waals surface area contributed by atoms with Crippen molar-refractivity contribution in [1.29, 1.82) is 0 Å². The predicted molar refractivity (Wildman–Crippen MR) is 105 cm³/mol. The van der Waals surface area contributed by atoms with Crippen molar-refractivity contribution in [1.82, 2.24) is 5.32 Å². The number of non-ortho nitro benzene ring substituents is 1. The molecule has 6 nitrogen and oxygen atoms in total. The minimum Gasteiger partial charge on any atom is -0.300 e. The summed E-state index contributed by atoms with van der Waals surface area (Å²) in [5, 5.41) is 13.3. The first-order valence-corrected chi connectivity index (χ1v) is 8.77. The Morgan fingerprint density at radius 3 is 2.48 bits per heavy atom. The maximum Gasteiger partial charge on any atom is 0.289 e. The Bertz CT molecular complexity index is 986. The van der Waals surface area contributed by atoms with Gasteiger partial charge in [0, 0.05) is 17.2 Å². The summed E-state index contributed by atoms with van der Waals surface area (Å²) in [4.78, 5) is 26.7. The molecular formula is C18H11ClFN3O3S. The summed E-state index contributed by atoms with van der Waals surface area (Å²) < 4.78 is 13.0. The van der Waals surface area contributed by atoms with Crippen LogP contribution in [0.2, 0.25) is 0 Å². The van der Waals surface area contributed by atoms with Crippen LogP contribution in [0.25, 0.3) is 6.08 Å². The molecule has 2 aromatic rings. The van der Waals surface area contributed by atoms with Gasteiger partial charge in [-0.2, -0.15) is 0 Å². The van der Waals surface area contributed by atoms with Gasteiger partial charge in [0.15, 0.2) is 0 Å². The van der Waals surface area contributed by atoms with E-state index in [1.165, 1.54) is 36.4 Å². The molecule has 1 N–H and O–H groups in total. The molecule has 1 saturated heterocycles. The molecule has 0 atom stereocenters. The Morgan fingerprint density at radius 1 is 1.19 bits per heavy atom. The van der Waals surface area contributed by atoms with E-state index in [1.807, 2.05) is 0 Å². The number of nitrogens with zero attached hydrogens (tertiary/aromatic N) is 2. The molecule has 0 aliphatic carbocycles. The zero-order valence-corrected chi connectivity index (χ0v) is 15.1. The number of carbonyl (C=O) groups excluding carboxylic acids is 1. The second-order valence-electron chi connectivity index (χ2n) is 5.34. The Balaban J connectivity index is 1.85. The fourth-order valence-corrected chi connectivity index (χ4v) is 3.20. The molecule has 2 aromatic carbocycles. The number of nitro benzene ring substituents is 1. The van der Waals surface area contributed by atoms with Gasteiger partial charge in [-0.3, -0.25) is 14.9 Å². The fourth-order valence-electron chi connectivity index (χ4n) is 2.18. The molecule has 1 fully saturated rings. The number of amides is 1. The first-order valence-electron chi connectivity index (χ1n) is 7.57. The molecule has 9 heteroatoms. The summed E-state index contributed by atoms with van der Waals surface area (Å²) in [6.07, 6.45) is 3.17. The van der Waals surface area contributed by atoms with Gasteiger partial charge in [-0.1, -0.05) is 11.6 Å². The van der Waals surface area contributed by atoms with Crippen molar-refractivity contribution >= 4 is 51.9 Å². The molecule has 1 aliphatic rings. The number of rotatable bonds is 4. The van der Waals surface area contributed by atoms with Crippen molar-refractivity contribution in [3.63, 3.8) is 0 Å². The number of thioether (sulfide) groups is 1. The number of hydrogen-bond donors (Lipinski definition) is 1. The summed E-state index contributed by atoms with van der Waals surface area (Å²) in [6.45, 7) is 0. The number of hydrogen-bond acceptors (Lipinski definition) is 5. The van der Waals surface area contributed by atoms with E-state index in [0.29, 0.717) is 27.0 Å². The smallest absolute Gasteiger partial charge is 0.289 e. The van der Waals surface area contributed by atoms with Crippen LogP contribution in [0.4, 0.5) is 20.6 Å². The second-order valence-corrected chi connectivity index (χ2v) is 6.79. The van der Waals surface area contributed by atoms with E-state index >= 15 is 0 Å². The van der Waals surface area contributed by atoms with E-state index in [1.54, 1.807) is 24.3 Å². The quantitative estimate of drug-likeness (QED) is 0.548. The molecule has 1 amide bonds. The van der Waals surface area contributed by atoms with Crippen LogP contribution in [-0.2, 0) is 0 Å². The van der Waals surface area contributed by atoms with E-state index in [0.717, 1.165) is 11.8 Å². The average Bonchev–Trinajstić information content (AvgIpc) is 2.96. The van der Waals surface area contributed by atoms with E-state index in [4.69, 9.17) is 11.6 Å². The Labute approximate surface area is 162 Å². The first-order chi connectivity index (χ1) is 12.9. The number of aliphatic imine (C=N–C) groups is 1. The van der Waals surface area contributed by atoms with Crippen LogP contribution < -0.4 is 5.32 Å². The van der Waals surface area contributed by atoms with Crippen LogP contribution >= 0.6 is 23.4 Å². The van der Waals surface area contributed by atoms with Gasteiger partial charge in [0.1, 0.15) is 11.7 Å². The maximum absolute atomic E-state index is 13.0. The van der Waals surface area contributed by atoms with Gasteiger partial charge in [-0.05, 0) is 65.9 Å². The molecule has 0 spiro atoms. The zero-order chi connectivity index (χ0) is 19.4. The van der Waals surface area contributed by atoms with Crippen molar-refractivity contribution < 1.29 is 14.1 Å². The highest BCUT2D eigenvalue weighted by Crippen LogP contribution is 2.29. The van der Waals surface area contributed by atoms with Crippen molar-refractivity contribution in [2.75, 3.05) is 0 Å². The Kier molecular flexibility index (Phi) is 5.68. The third-order valence-electron chi connectivity index (χ3n) is 3.40. The van der Waals surface area contributed by atoms with E-state index in [-0.39, 0.29) is 16.7 Å². The number of carbonyl (C=O) groups is 1. The molecular weight excluding hydrogens is 393 g/mol. The largest absolute Gasteiger partial charge is 0.300 e. The molecule has 0 unspecified atom stereocenters. The van der Waals surface area contributed by atoms with Gasteiger partial charge in [0.25, 0.3) is 10.9 Å². The number of amidine groups is 1. The molecule has 1 aliphatic heterocycles. The van der Waals surface area contributed by atoms with Gasteiger partial charge in [0.2, 0.25) is 0 Å².